The van der Waals surface area contributed by atoms with Crippen LogP contribution in [0.25, 0.3) is 0 Å². The van der Waals surface area contributed by atoms with Crippen LogP contribution in [0.3, 0.4) is 0 Å². The molecular weight excluding hydrogens is 174 g/mol. The minimum atomic E-state index is 0.149. The standard InChI is InChI=1S/C11H21N3/c1-11(2)13(4)9-6-7-12(3)8-10(9)14(11)5/h6-8H2,1-5H3. The van der Waals surface area contributed by atoms with Crippen LogP contribution < -0.4 is 0 Å². The van der Waals surface area contributed by atoms with Crippen molar-refractivity contribution in [3.8, 4) is 0 Å². The Hall–Kier alpha value is -0.700. The lowest BCUT2D eigenvalue weighted by molar-refractivity contribution is 0.0898. The molecule has 14 heavy (non-hydrogen) atoms. The quantitative estimate of drug-likeness (QED) is 0.574. The van der Waals surface area contributed by atoms with Gasteiger partial charge < -0.3 is 14.7 Å². The number of rotatable bonds is 0. The third kappa shape index (κ3) is 1.15. The summed E-state index contributed by atoms with van der Waals surface area (Å²) in [5.41, 5.74) is 3.19. The summed E-state index contributed by atoms with van der Waals surface area (Å²) >= 11 is 0. The van der Waals surface area contributed by atoms with Crippen molar-refractivity contribution < 1.29 is 0 Å². The van der Waals surface area contributed by atoms with Gasteiger partial charge in [0.2, 0.25) is 0 Å². The van der Waals surface area contributed by atoms with Gasteiger partial charge in [-0.3, -0.25) is 0 Å². The Morgan fingerprint density at radius 3 is 2.21 bits per heavy atom. The molecular formula is C11H21N3. The van der Waals surface area contributed by atoms with Crippen LogP contribution in [-0.2, 0) is 0 Å². The van der Waals surface area contributed by atoms with Crippen LogP contribution in [0.15, 0.2) is 11.4 Å². The van der Waals surface area contributed by atoms with Gasteiger partial charge in [-0.05, 0) is 20.9 Å². The average Bonchev–Trinajstić information content (AvgIpc) is 2.29. The zero-order valence-corrected chi connectivity index (χ0v) is 9.96. The summed E-state index contributed by atoms with van der Waals surface area (Å²) in [6.45, 7) is 6.85. The van der Waals surface area contributed by atoms with Crippen LogP contribution in [0.5, 0.6) is 0 Å². The van der Waals surface area contributed by atoms with E-state index in [2.05, 4.69) is 49.7 Å². The molecule has 0 aromatic carbocycles. The summed E-state index contributed by atoms with van der Waals surface area (Å²) in [6, 6.07) is 0. The Balaban J connectivity index is 2.33. The summed E-state index contributed by atoms with van der Waals surface area (Å²) in [4.78, 5) is 7.23. The second-order valence-electron chi connectivity index (χ2n) is 4.99. The van der Waals surface area contributed by atoms with E-state index in [1.807, 2.05) is 0 Å². The molecule has 2 rings (SSSR count). The minimum Gasteiger partial charge on any atom is -0.354 e. The highest BCUT2D eigenvalue weighted by atomic mass is 15.4. The molecule has 0 atom stereocenters. The van der Waals surface area contributed by atoms with Crippen molar-refractivity contribution in [3.63, 3.8) is 0 Å². The highest BCUT2D eigenvalue weighted by Gasteiger charge is 2.41. The predicted molar refractivity (Wildman–Crippen MR) is 58.7 cm³/mol. The van der Waals surface area contributed by atoms with Crippen LogP contribution in [0.1, 0.15) is 20.3 Å². The molecule has 2 heterocycles. The van der Waals surface area contributed by atoms with E-state index in [-0.39, 0.29) is 5.66 Å². The third-order valence-corrected chi connectivity index (χ3v) is 3.93. The molecule has 0 bridgehead atoms. The molecule has 0 N–H and O–H groups in total. The van der Waals surface area contributed by atoms with Gasteiger partial charge in [0.15, 0.2) is 0 Å². The van der Waals surface area contributed by atoms with Gasteiger partial charge in [0, 0.05) is 45.0 Å². The van der Waals surface area contributed by atoms with Gasteiger partial charge in [0.25, 0.3) is 0 Å². The van der Waals surface area contributed by atoms with Crippen molar-refractivity contribution in [1.29, 1.82) is 0 Å². The monoisotopic (exact) mass is 195 g/mol. The maximum absolute atomic E-state index is 2.43. The molecule has 2 aliphatic heterocycles. The normalized spacial score (nSPS) is 27.2. The van der Waals surface area contributed by atoms with E-state index < -0.39 is 0 Å². The van der Waals surface area contributed by atoms with Crippen LogP contribution in [0.2, 0.25) is 0 Å². The lowest BCUT2D eigenvalue weighted by Crippen LogP contribution is -2.46. The first kappa shape index (κ1) is 9.84. The molecule has 2 aliphatic rings. The van der Waals surface area contributed by atoms with Crippen molar-refractivity contribution in [2.45, 2.75) is 25.9 Å². The molecule has 0 amide bonds. The fourth-order valence-electron chi connectivity index (χ4n) is 2.41. The molecule has 0 radical (unpaired) electrons. The molecule has 0 aromatic rings. The SMILES string of the molecule is CN1CCC2=C(C1)N(C)C(C)(C)N2C. The van der Waals surface area contributed by atoms with E-state index in [0.29, 0.717) is 0 Å². The predicted octanol–water partition coefficient (Wildman–Crippen LogP) is 1.15. The van der Waals surface area contributed by atoms with E-state index in [1.165, 1.54) is 24.4 Å². The van der Waals surface area contributed by atoms with E-state index in [9.17, 15) is 0 Å². The van der Waals surface area contributed by atoms with Gasteiger partial charge >= 0.3 is 0 Å². The number of likely N-dealkylation sites (N-methyl/N-ethyl adjacent to an activating group) is 2. The van der Waals surface area contributed by atoms with Crippen molar-refractivity contribution in [1.82, 2.24) is 14.7 Å². The van der Waals surface area contributed by atoms with Gasteiger partial charge in [0.05, 0.1) is 0 Å². The fourth-order valence-corrected chi connectivity index (χ4v) is 2.41. The van der Waals surface area contributed by atoms with Gasteiger partial charge in [-0.15, -0.1) is 0 Å². The summed E-state index contributed by atoms with van der Waals surface area (Å²) in [5, 5.41) is 0. The van der Waals surface area contributed by atoms with E-state index in [4.69, 9.17) is 0 Å². The number of hydrogen-bond acceptors (Lipinski definition) is 3. The van der Waals surface area contributed by atoms with Gasteiger partial charge in [-0.2, -0.15) is 0 Å². The second kappa shape index (κ2) is 2.89. The molecule has 0 fully saturated rings. The molecule has 0 saturated carbocycles. The Morgan fingerprint density at radius 1 is 1.00 bits per heavy atom. The highest BCUT2D eigenvalue weighted by Crippen LogP contribution is 2.37. The van der Waals surface area contributed by atoms with Gasteiger partial charge in [-0.1, -0.05) is 0 Å². The van der Waals surface area contributed by atoms with Crippen molar-refractivity contribution in [3.05, 3.63) is 11.4 Å². The number of hydrogen-bond donors (Lipinski definition) is 0. The topological polar surface area (TPSA) is 9.72 Å². The molecule has 80 valence electrons. The fraction of sp³-hybridized carbons (Fsp3) is 0.818. The van der Waals surface area contributed by atoms with E-state index in [0.717, 1.165) is 6.54 Å². The zero-order valence-electron chi connectivity index (χ0n) is 9.96. The lowest BCUT2D eigenvalue weighted by Gasteiger charge is -2.38. The maximum atomic E-state index is 2.43. The first-order valence-electron chi connectivity index (χ1n) is 5.33. The van der Waals surface area contributed by atoms with Gasteiger partial charge in [-0.25, -0.2) is 0 Å². The summed E-state index contributed by atoms with van der Waals surface area (Å²) in [6.07, 6.45) is 1.19. The second-order valence-corrected chi connectivity index (χ2v) is 4.99. The molecule has 3 heteroatoms. The van der Waals surface area contributed by atoms with Crippen LogP contribution in [-0.4, -0.2) is 54.6 Å². The largest absolute Gasteiger partial charge is 0.354 e. The smallest absolute Gasteiger partial charge is 0.106 e. The zero-order chi connectivity index (χ0) is 10.5. The van der Waals surface area contributed by atoms with Crippen molar-refractivity contribution in [2.24, 2.45) is 0 Å². The average molecular weight is 195 g/mol. The maximum Gasteiger partial charge on any atom is 0.106 e. The molecule has 0 aromatic heterocycles. The van der Waals surface area contributed by atoms with E-state index >= 15 is 0 Å². The third-order valence-electron chi connectivity index (χ3n) is 3.93. The highest BCUT2D eigenvalue weighted by molar-refractivity contribution is 5.25. The van der Waals surface area contributed by atoms with Gasteiger partial charge in [0.1, 0.15) is 5.66 Å². The number of nitrogens with zero attached hydrogens (tertiary/aromatic N) is 3. The van der Waals surface area contributed by atoms with Crippen LogP contribution >= 0.6 is 0 Å². The molecule has 0 aliphatic carbocycles. The van der Waals surface area contributed by atoms with Crippen LogP contribution in [0, 0.1) is 0 Å². The molecule has 0 saturated heterocycles. The Kier molecular flexibility index (Phi) is 2.03. The van der Waals surface area contributed by atoms with Crippen molar-refractivity contribution in [2.75, 3.05) is 34.2 Å². The first-order valence-corrected chi connectivity index (χ1v) is 5.33. The molecule has 0 spiro atoms. The summed E-state index contributed by atoms with van der Waals surface area (Å²) in [5.74, 6) is 0. The molecule has 0 unspecified atom stereocenters. The van der Waals surface area contributed by atoms with Crippen molar-refractivity contribution >= 4 is 0 Å². The Bertz CT molecular complexity index is 280. The Morgan fingerprint density at radius 2 is 1.57 bits per heavy atom. The minimum absolute atomic E-state index is 0.149. The Labute approximate surface area is 87.0 Å². The van der Waals surface area contributed by atoms with Crippen LogP contribution in [0.4, 0.5) is 0 Å². The molecule has 3 nitrogen and oxygen atoms in total. The first-order chi connectivity index (χ1) is 6.44. The lowest BCUT2D eigenvalue weighted by atomic mass is 10.1. The summed E-state index contributed by atoms with van der Waals surface area (Å²) in [7, 11) is 6.62. The summed E-state index contributed by atoms with van der Waals surface area (Å²) < 4.78 is 0. The van der Waals surface area contributed by atoms with E-state index in [1.54, 1.807) is 0 Å².